The topological polar surface area (TPSA) is 36.9 Å². The summed E-state index contributed by atoms with van der Waals surface area (Å²) in [6.45, 7) is 0. The molecule has 0 radical (unpaired) electrons. The Balaban J connectivity index is 2.99. The molecular weight excluding hydrogens is 223 g/mol. The third kappa shape index (κ3) is 2.78. The van der Waals surface area contributed by atoms with Gasteiger partial charge in [-0.15, -0.1) is 0 Å². The van der Waals surface area contributed by atoms with Gasteiger partial charge in [-0.05, 0) is 0 Å². The van der Waals surface area contributed by atoms with Crippen LogP contribution < -0.4 is 0 Å². The number of nitriles is 1. The van der Waals surface area contributed by atoms with Crippen LogP contribution in [0.1, 0.15) is 5.76 Å². The van der Waals surface area contributed by atoms with Crippen molar-refractivity contribution in [3.8, 4) is 6.07 Å². The molecule has 1 heterocycles. The maximum absolute atomic E-state index is 8.95. The van der Waals surface area contributed by atoms with E-state index in [0.29, 0.717) is 0 Å². The monoisotopic (exact) mass is 237 g/mol. The quantitative estimate of drug-likeness (QED) is 0.584. The molecule has 13 heavy (non-hydrogen) atoms. The molecule has 0 spiro atoms. The van der Waals surface area contributed by atoms with Gasteiger partial charge in [0.15, 0.2) is 0 Å². The summed E-state index contributed by atoms with van der Waals surface area (Å²) in [6.07, 6.45) is 3.48. The molecule has 0 bridgehead atoms. The van der Waals surface area contributed by atoms with E-state index in [1.807, 2.05) is 18.2 Å². The van der Waals surface area contributed by atoms with Crippen LogP contribution in [0, 0.1) is 11.3 Å². The third-order valence-corrected chi connectivity index (χ3v) is 5.69. The van der Waals surface area contributed by atoms with Gasteiger partial charge >= 0.3 is 80.9 Å². The van der Waals surface area contributed by atoms with Gasteiger partial charge in [0.2, 0.25) is 0 Å². The van der Waals surface area contributed by atoms with Crippen molar-refractivity contribution in [1.29, 1.82) is 5.26 Å². The molecule has 0 aliphatic rings. The van der Waals surface area contributed by atoms with E-state index in [9.17, 15) is 0 Å². The summed E-state index contributed by atoms with van der Waals surface area (Å²) in [6, 6.07) is 5.96. The Labute approximate surface area is 81.2 Å². The van der Waals surface area contributed by atoms with Crippen LogP contribution >= 0.6 is 0 Å². The van der Waals surface area contributed by atoms with Crippen molar-refractivity contribution >= 4 is 19.3 Å². The fourth-order valence-corrected chi connectivity index (χ4v) is 2.84. The minimum atomic E-state index is -1.99. The molecular formula is C10H13GeNO. The van der Waals surface area contributed by atoms with Crippen molar-refractivity contribution in [2.45, 2.75) is 17.3 Å². The normalized spacial score (nSPS) is 12.6. The second-order valence-electron chi connectivity index (χ2n) is 3.94. The van der Waals surface area contributed by atoms with Crippen molar-refractivity contribution < 1.29 is 4.42 Å². The zero-order valence-corrected chi connectivity index (χ0v) is 10.3. The van der Waals surface area contributed by atoms with E-state index in [1.54, 1.807) is 6.26 Å². The molecule has 1 aromatic heterocycles. The average molecular weight is 236 g/mol. The summed E-state index contributed by atoms with van der Waals surface area (Å²) in [5.74, 6) is 7.35. The Morgan fingerprint density at radius 3 is 2.62 bits per heavy atom. The summed E-state index contributed by atoms with van der Waals surface area (Å²) in [5.41, 5.74) is 0. The van der Waals surface area contributed by atoms with Gasteiger partial charge in [0.25, 0.3) is 0 Å². The zero-order chi connectivity index (χ0) is 9.90. The molecule has 0 aliphatic heterocycles. The third-order valence-electron chi connectivity index (χ3n) is 1.76. The van der Waals surface area contributed by atoms with Gasteiger partial charge in [-0.3, -0.25) is 0 Å². The Hall–Kier alpha value is -0.947. The summed E-state index contributed by atoms with van der Waals surface area (Å²) in [4.78, 5) is 0. The molecule has 68 valence electrons. The number of nitrogens with zero attached hydrogens (tertiary/aromatic N) is 1. The van der Waals surface area contributed by atoms with Crippen LogP contribution in [0.25, 0.3) is 6.08 Å². The fourth-order valence-electron chi connectivity index (χ4n) is 0.932. The molecule has 0 unspecified atom stereocenters. The number of furan rings is 1. The summed E-state index contributed by atoms with van der Waals surface area (Å²) in [7, 11) is 0. The first-order valence-corrected chi connectivity index (χ1v) is 11.5. The van der Waals surface area contributed by atoms with Gasteiger partial charge in [-0.1, -0.05) is 0 Å². The molecule has 0 saturated carbocycles. The SMILES string of the molecule is [CH3][Ge]([CH3])([CH3])/[C](C#N)=C\c1ccco1. The van der Waals surface area contributed by atoms with Gasteiger partial charge in [0.05, 0.1) is 0 Å². The summed E-state index contributed by atoms with van der Waals surface area (Å²) in [5, 5.41) is 8.95. The molecule has 0 atom stereocenters. The first kappa shape index (κ1) is 10.1. The van der Waals surface area contributed by atoms with Crippen LogP contribution in [0.3, 0.4) is 0 Å². The molecule has 1 aromatic rings. The Morgan fingerprint density at radius 1 is 1.54 bits per heavy atom. The molecule has 2 nitrogen and oxygen atoms in total. The van der Waals surface area contributed by atoms with Gasteiger partial charge in [0.1, 0.15) is 0 Å². The Bertz CT molecular complexity index is 338. The van der Waals surface area contributed by atoms with Crippen molar-refractivity contribution in [1.82, 2.24) is 0 Å². The predicted molar refractivity (Wildman–Crippen MR) is 55.6 cm³/mol. The first-order chi connectivity index (χ1) is 6.04. The molecule has 1 rings (SSSR count). The second kappa shape index (κ2) is 3.84. The second-order valence-corrected chi connectivity index (χ2v) is 14.5. The van der Waals surface area contributed by atoms with Crippen LogP contribution in [0.4, 0.5) is 0 Å². The predicted octanol–water partition coefficient (Wildman–Crippen LogP) is 3.06. The summed E-state index contributed by atoms with van der Waals surface area (Å²) < 4.78 is 6.08. The Morgan fingerprint density at radius 2 is 2.23 bits per heavy atom. The first-order valence-electron chi connectivity index (χ1n) is 4.20. The molecule has 0 fully saturated rings. The fraction of sp³-hybridized carbons (Fsp3) is 0.300. The number of hydrogen-bond donors (Lipinski definition) is 0. The maximum atomic E-state index is 8.95. The Kier molecular flexibility index (Phi) is 2.99. The number of hydrogen-bond acceptors (Lipinski definition) is 2. The molecule has 0 saturated heterocycles. The van der Waals surface area contributed by atoms with Gasteiger partial charge in [0, 0.05) is 0 Å². The number of allylic oxidation sites excluding steroid dienone is 1. The minimum absolute atomic E-state index is 0.775. The van der Waals surface area contributed by atoms with Crippen LogP contribution in [-0.4, -0.2) is 13.3 Å². The van der Waals surface area contributed by atoms with E-state index in [2.05, 4.69) is 23.3 Å². The van der Waals surface area contributed by atoms with Crippen LogP contribution in [-0.2, 0) is 0 Å². The van der Waals surface area contributed by atoms with Crippen LogP contribution in [0.5, 0.6) is 0 Å². The average Bonchev–Trinajstić information content (AvgIpc) is 2.49. The van der Waals surface area contributed by atoms with Gasteiger partial charge in [-0.2, -0.15) is 0 Å². The van der Waals surface area contributed by atoms with Crippen LogP contribution in [0.2, 0.25) is 17.3 Å². The van der Waals surface area contributed by atoms with Crippen LogP contribution in [0.15, 0.2) is 27.2 Å². The van der Waals surface area contributed by atoms with Crippen molar-refractivity contribution in [3.05, 3.63) is 28.6 Å². The van der Waals surface area contributed by atoms with Gasteiger partial charge < -0.3 is 0 Å². The van der Waals surface area contributed by atoms with Crippen molar-refractivity contribution in [2.75, 3.05) is 0 Å². The van der Waals surface area contributed by atoms with E-state index in [0.717, 1.165) is 10.2 Å². The zero-order valence-electron chi connectivity index (χ0n) is 8.16. The summed E-state index contributed by atoms with van der Waals surface area (Å²) >= 11 is -1.99. The van der Waals surface area contributed by atoms with E-state index in [1.165, 1.54) is 0 Å². The molecule has 0 aromatic carbocycles. The molecule has 0 aliphatic carbocycles. The van der Waals surface area contributed by atoms with E-state index in [-0.39, 0.29) is 0 Å². The molecule has 0 amide bonds. The van der Waals surface area contributed by atoms with E-state index < -0.39 is 13.3 Å². The van der Waals surface area contributed by atoms with Gasteiger partial charge in [-0.25, -0.2) is 0 Å². The molecule has 0 N–H and O–H groups in total. The van der Waals surface area contributed by atoms with Crippen molar-refractivity contribution in [3.63, 3.8) is 0 Å². The van der Waals surface area contributed by atoms with Crippen molar-refractivity contribution in [2.24, 2.45) is 0 Å². The standard InChI is InChI=1S/C10H13GeNO/c1-11(2,3)9(8-12)7-10-5-4-6-13-10/h4-7H,1-3H3/b9-7-. The van der Waals surface area contributed by atoms with E-state index >= 15 is 0 Å². The molecule has 3 heteroatoms. The van der Waals surface area contributed by atoms with E-state index in [4.69, 9.17) is 9.68 Å². The number of rotatable bonds is 2.